The number of aliphatic hydroxyl groups excluding tert-OH is 1. The molecule has 7 nitrogen and oxygen atoms in total. The first-order valence-corrected chi connectivity index (χ1v) is 11.4. The molecule has 0 aromatic heterocycles. The van der Waals surface area contributed by atoms with E-state index in [4.69, 9.17) is 0 Å². The first kappa shape index (κ1) is 27.6. The van der Waals surface area contributed by atoms with Gasteiger partial charge in [0.1, 0.15) is 23.0 Å². The van der Waals surface area contributed by atoms with Crippen LogP contribution in [0.3, 0.4) is 0 Å². The van der Waals surface area contributed by atoms with Crippen molar-refractivity contribution >= 4 is 12.0 Å². The Morgan fingerprint density at radius 1 is 0.914 bits per heavy atom. The number of aliphatic carboxylic acids is 1. The van der Waals surface area contributed by atoms with Gasteiger partial charge in [-0.1, -0.05) is 37.8 Å². The third kappa shape index (κ3) is 7.69. The Kier molecular flexibility index (Phi) is 8.83. The Bertz CT molecular complexity index is 1160. The molecule has 0 aliphatic heterocycles. The molecule has 35 heavy (non-hydrogen) atoms. The smallest absolute Gasteiger partial charge is 0.309 e. The standard InChI is InChI=1S/C28H34O7/c1-27(2,17-29)11-5-7-18-13-22(30)15-20(24(18)32)9-10-21-16-23(31)14-19(25(21)33)8-6-12-28(3,4)26(34)35/h6,8,13-16,29-33H,5,7,11-12,17H2,1-4H3,(H,34,35). The van der Waals surface area contributed by atoms with E-state index in [1.807, 2.05) is 13.8 Å². The average Bonchev–Trinajstić information content (AvgIpc) is 2.77. The minimum Gasteiger partial charge on any atom is -0.508 e. The molecule has 0 radical (unpaired) electrons. The van der Waals surface area contributed by atoms with Crippen molar-refractivity contribution in [2.24, 2.45) is 10.8 Å². The summed E-state index contributed by atoms with van der Waals surface area (Å²) in [6.07, 6.45) is 5.25. The van der Waals surface area contributed by atoms with Crippen LogP contribution in [0.15, 0.2) is 30.3 Å². The molecule has 0 bridgehead atoms. The van der Waals surface area contributed by atoms with Gasteiger partial charge in [-0.2, -0.15) is 0 Å². The molecule has 0 unspecified atom stereocenters. The molecular weight excluding hydrogens is 448 g/mol. The summed E-state index contributed by atoms with van der Waals surface area (Å²) in [7, 11) is 0. The number of hydrogen-bond acceptors (Lipinski definition) is 6. The van der Waals surface area contributed by atoms with Crippen LogP contribution in [0.25, 0.3) is 6.08 Å². The number of benzene rings is 2. The van der Waals surface area contributed by atoms with E-state index in [0.717, 1.165) is 6.42 Å². The molecule has 0 aliphatic rings. The number of carbonyl (C=O) groups is 1. The van der Waals surface area contributed by atoms with E-state index in [1.54, 1.807) is 19.9 Å². The molecule has 0 saturated heterocycles. The Balaban J connectivity index is 2.31. The van der Waals surface area contributed by atoms with Gasteiger partial charge in [0.25, 0.3) is 0 Å². The van der Waals surface area contributed by atoms with Crippen molar-refractivity contribution in [2.75, 3.05) is 6.61 Å². The number of carboxylic acid groups (broad SMARTS) is 1. The molecule has 2 aromatic rings. The van der Waals surface area contributed by atoms with Crippen molar-refractivity contribution < 1.29 is 35.4 Å². The summed E-state index contributed by atoms with van der Waals surface area (Å²) in [5.41, 5.74) is -0.155. The summed E-state index contributed by atoms with van der Waals surface area (Å²) in [6.45, 7) is 7.12. The number of aromatic hydroxyl groups is 4. The molecule has 0 spiro atoms. The average molecular weight is 483 g/mol. The first-order chi connectivity index (χ1) is 16.3. The number of phenolic OH excluding ortho intramolecular Hbond substituents is 4. The molecule has 6 N–H and O–H groups in total. The van der Waals surface area contributed by atoms with Gasteiger partial charge >= 0.3 is 5.97 Å². The largest absolute Gasteiger partial charge is 0.508 e. The van der Waals surface area contributed by atoms with Gasteiger partial charge in [-0.05, 0) is 74.8 Å². The second-order valence-corrected chi connectivity index (χ2v) is 10.2. The fourth-order valence-corrected chi connectivity index (χ4v) is 3.37. The molecule has 0 amide bonds. The lowest BCUT2D eigenvalue weighted by Crippen LogP contribution is -2.22. The first-order valence-electron chi connectivity index (χ1n) is 11.4. The third-order valence-corrected chi connectivity index (χ3v) is 5.86. The van der Waals surface area contributed by atoms with Crippen molar-refractivity contribution in [3.8, 4) is 34.8 Å². The molecule has 0 saturated carbocycles. The van der Waals surface area contributed by atoms with Gasteiger partial charge in [0.05, 0.1) is 16.5 Å². The molecule has 0 atom stereocenters. The van der Waals surface area contributed by atoms with Crippen molar-refractivity contribution in [3.63, 3.8) is 0 Å². The SMILES string of the molecule is CC(C)(CO)CCCc1cc(O)cc(C#Cc2cc(O)cc(C=CCC(C)(C)C(=O)O)c2O)c1O. The van der Waals surface area contributed by atoms with Gasteiger partial charge in [-0.3, -0.25) is 4.79 Å². The van der Waals surface area contributed by atoms with Gasteiger partial charge in [-0.15, -0.1) is 0 Å². The summed E-state index contributed by atoms with van der Waals surface area (Å²) >= 11 is 0. The fraction of sp³-hybridized carbons (Fsp3) is 0.393. The van der Waals surface area contributed by atoms with Crippen LogP contribution in [0, 0.1) is 22.7 Å². The molecule has 2 rings (SSSR count). The number of aryl methyl sites for hydroxylation is 1. The Labute approximate surface area is 206 Å². The Morgan fingerprint density at radius 2 is 1.49 bits per heavy atom. The third-order valence-electron chi connectivity index (χ3n) is 5.86. The van der Waals surface area contributed by atoms with Gasteiger partial charge in [0, 0.05) is 12.2 Å². The number of rotatable bonds is 9. The monoisotopic (exact) mass is 482 g/mol. The van der Waals surface area contributed by atoms with Crippen LogP contribution in [-0.4, -0.2) is 43.2 Å². The van der Waals surface area contributed by atoms with Crippen LogP contribution in [0.5, 0.6) is 23.0 Å². The highest BCUT2D eigenvalue weighted by atomic mass is 16.4. The zero-order chi connectivity index (χ0) is 26.4. The number of phenols is 4. The normalized spacial score (nSPS) is 11.9. The summed E-state index contributed by atoms with van der Waals surface area (Å²) in [6, 6.07) is 5.40. The van der Waals surface area contributed by atoms with Crippen molar-refractivity contribution in [3.05, 3.63) is 52.6 Å². The van der Waals surface area contributed by atoms with Crippen molar-refractivity contribution in [2.45, 2.75) is 53.4 Å². The van der Waals surface area contributed by atoms with Crippen LogP contribution in [0.1, 0.15) is 69.2 Å². The molecule has 0 aliphatic carbocycles. The number of carboxylic acids is 1. The van der Waals surface area contributed by atoms with E-state index in [-0.39, 0.29) is 58.1 Å². The van der Waals surface area contributed by atoms with E-state index >= 15 is 0 Å². The second-order valence-electron chi connectivity index (χ2n) is 10.2. The molecule has 188 valence electrons. The van der Waals surface area contributed by atoms with Gasteiger partial charge < -0.3 is 30.6 Å². The minimum atomic E-state index is -0.982. The summed E-state index contributed by atoms with van der Waals surface area (Å²) < 4.78 is 0. The van der Waals surface area contributed by atoms with Crippen molar-refractivity contribution in [1.29, 1.82) is 0 Å². The predicted octanol–water partition coefficient (Wildman–Crippen LogP) is 4.76. The van der Waals surface area contributed by atoms with E-state index in [2.05, 4.69) is 11.8 Å². The van der Waals surface area contributed by atoms with E-state index in [0.29, 0.717) is 18.4 Å². The lowest BCUT2D eigenvalue weighted by molar-refractivity contribution is -0.146. The second kappa shape index (κ2) is 11.2. The lowest BCUT2D eigenvalue weighted by Gasteiger charge is -2.21. The Morgan fingerprint density at radius 3 is 2.06 bits per heavy atom. The zero-order valence-electron chi connectivity index (χ0n) is 20.6. The highest BCUT2D eigenvalue weighted by Gasteiger charge is 2.25. The number of hydrogen-bond donors (Lipinski definition) is 6. The minimum absolute atomic E-state index is 0.0532. The van der Waals surface area contributed by atoms with Crippen LogP contribution < -0.4 is 0 Å². The highest BCUT2D eigenvalue weighted by molar-refractivity contribution is 5.74. The molecular formula is C28H34O7. The maximum absolute atomic E-state index is 11.3. The molecule has 2 aromatic carbocycles. The topological polar surface area (TPSA) is 138 Å². The van der Waals surface area contributed by atoms with E-state index < -0.39 is 11.4 Å². The Hall–Kier alpha value is -3.63. The fourth-order valence-electron chi connectivity index (χ4n) is 3.37. The highest BCUT2D eigenvalue weighted by Crippen LogP contribution is 2.32. The molecule has 0 fully saturated rings. The summed E-state index contributed by atoms with van der Waals surface area (Å²) in [5, 5.41) is 60.1. The predicted molar refractivity (Wildman–Crippen MR) is 134 cm³/mol. The number of allylic oxidation sites excluding steroid dienone is 1. The molecule has 0 heterocycles. The summed E-state index contributed by atoms with van der Waals surface area (Å²) in [4.78, 5) is 11.3. The van der Waals surface area contributed by atoms with E-state index in [9.17, 15) is 35.4 Å². The van der Waals surface area contributed by atoms with Gasteiger partial charge in [-0.25, -0.2) is 0 Å². The van der Waals surface area contributed by atoms with E-state index in [1.165, 1.54) is 30.3 Å². The van der Waals surface area contributed by atoms with Crippen LogP contribution in [0.2, 0.25) is 0 Å². The molecule has 7 heteroatoms. The van der Waals surface area contributed by atoms with Crippen molar-refractivity contribution in [1.82, 2.24) is 0 Å². The number of aliphatic hydroxyl groups is 1. The van der Waals surface area contributed by atoms with Gasteiger partial charge in [0.2, 0.25) is 0 Å². The van der Waals surface area contributed by atoms with Crippen LogP contribution in [-0.2, 0) is 11.2 Å². The maximum atomic E-state index is 11.3. The quantitative estimate of drug-likeness (QED) is 0.224. The van der Waals surface area contributed by atoms with Crippen LogP contribution in [0.4, 0.5) is 0 Å². The summed E-state index contributed by atoms with van der Waals surface area (Å²) in [5.74, 6) is 4.04. The lowest BCUT2D eigenvalue weighted by atomic mass is 9.87. The maximum Gasteiger partial charge on any atom is 0.309 e. The van der Waals surface area contributed by atoms with Crippen LogP contribution >= 0.6 is 0 Å². The zero-order valence-corrected chi connectivity index (χ0v) is 20.6. The van der Waals surface area contributed by atoms with Gasteiger partial charge in [0.15, 0.2) is 0 Å².